The van der Waals surface area contributed by atoms with Crippen LogP contribution in [-0.2, 0) is 12.8 Å². The number of rotatable bonds is 3. The van der Waals surface area contributed by atoms with Crippen molar-refractivity contribution in [3.63, 3.8) is 0 Å². The Labute approximate surface area is 108 Å². The number of piperidine rings is 1. The van der Waals surface area contributed by atoms with Gasteiger partial charge in [0.1, 0.15) is 5.82 Å². The lowest BCUT2D eigenvalue weighted by Crippen LogP contribution is -2.32. The van der Waals surface area contributed by atoms with E-state index in [4.69, 9.17) is 0 Å². The van der Waals surface area contributed by atoms with Crippen molar-refractivity contribution < 1.29 is 5.11 Å². The van der Waals surface area contributed by atoms with E-state index in [1.54, 1.807) is 0 Å². The van der Waals surface area contributed by atoms with Gasteiger partial charge >= 0.3 is 0 Å². The van der Waals surface area contributed by atoms with Gasteiger partial charge in [0.15, 0.2) is 0 Å². The van der Waals surface area contributed by atoms with Crippen LogP contribution in [0.2, 0.25) is 0 Å². The number of fused-ring (bicyclic) bond motifs is 1. The summed E-state index contributed by atoms with van der Waals surface area (Å²) in [4.78, 5) is 4.61. The highest BCUT2D eigenvalue weighted by atomic mass is 16.3. The predicted molar refractivity (Wildman–Crippen MR) is 70.6 cm³/mol. The SMILES string of the molecule is OCC1CCCc2cnc(CC3CCCNC3)n21. The molecule has 1 aromatic rings. The Kier molecular flexibility index (Phi) is 3.66. The number of aliphatic hydroxyl groups excluding tert-OH is 1. The third kappa shape index (κ3) is 2.31. The first-order valence-corrected chi connectivity index (χ1v) is 7.25. The molecule has 0 saturated carbocycles. The molecule has 18 heavy (non-hydrogen) atoms. The lowest BCUT2D eigenvalue weighted by Gasteiger charge is -2.28. The van der Waals surface area contributed by atoms with Crippen LogP contribution in [0.5, 0.6) is 0 Å². The van der Waals surface area contributed by atoms with Crippen molar-refractivity contribution in [2.45, 2.75) is 44.6 Å². The van der Waals surface area contributed by atoms with Crippen LogP contribution in [0.3, 0.4) is 0 Å². The summed E-state index contributed by atoms with van der Waals surface area (Å²) in [5, 5.41) is 13.0. The molecule has 1 saturated heterocycles. The second-order valence-corrected chi connectivity index (χ2v) is 5.68. The molecule has 1 fully saturated rings. The molecule has 4 heteroatoms. The van der Waals surface area contributed by atoms with Gasteiger partial charge in [-0.15, -0.1) is 0 Å². The van der Waals surface area contributed by atoms with E-state index in [9.17, 15) is 5.11 Å². The minimum Gasteiger partial charge on any atom is -0.394 e. The molecule has 0 aromatic carbocycles. The molecule has 2 N–H and O–H groups in total. The number of hydrogen-bond donors (Lipinski definition) is 2. The van der Waals surface area contributed by atoms with Gasteiger partial charge in [-0.25, -0.2) is 4.98 Å². The van der Waals surface area contributed by atoms with Crippen LogP contribution in [0.15, 0.2) is 6.20 Å². The molecule has 2 aliphatic heterocycles. The van der Waals surface area contributed by atoms with E-state index in [2.05, 4.69) is 14.9 Å². The number of aliphatic hydroxyl groups is 1. The summed E-state index contributed by atoms with van der Waals surface area (Å²) in [6.45, 7) is 2.53. The van der Waals surface area contributed by atoms with Crippen molar-refractivity contribution in [2.24, 2.45) is 5.92 Å². The number of hydrogen-bond acceptors (Lipinski definition) is 3. The van der Waals surface area contributed by atoms with Gasteiger partial charge in [0.25, 0.3) is 0 Å². The van der Waals surface area contributed by atoms with Crippen molar-refractivity contribution in [1.29, 1.82) is 0 Å². The maximum atomic E-state index is 9.53. The monoisotopic (exact) mass is 249 g/mol. The molecular formula is C14H23N3O. The van der Waals surface area contributed by atoms with E-state index in [1.807, 2.05) is 6.20 Å². The number of nitrogens with one attached hydrogen (secondary N) is 1. The molecular weight excluding hydrogens is 226 g/mol. The number of nitrogens with zero attached hydrogens (tertiary/aromatic N) is 2. The van der Waals surface area contributed by atoms with Gasteiger partial charge < -0.3 is 15.0 Å². The molecule has 0 aliphatic carbocycles. The number of aromatic nitrogens is 2. The van der Waals surface area contributed by atoms with E-state index in [0.717, 1.165) is 32.4 Å². The zero-order valence-corrected chi connectivity index (χ0v) is 10.9. The van der Waals surface area contributed by atoms with E-state index in [-0.39, 0.29) is 12.6 Å². The Morgan fingerprint density at radius 1 is 1.39 bits per heavy atom. The van der Waals surface area contributed by atoms with E-state index in [1.165, 1.54) is 30.8 Å². The molecule has 100 valence electrons. The topological polar surface area (TPSA) is 50.1 Å². The van der Waals surface area contributed by atoms with Crippen LogP contribution in [0.1, 0.15) is 43.2 Å². The first-order chi connectivity index (χ1) is 8.88. The second-order valence-electron chi connectivity index (χ2n) is 5.68. The van der Waals surface area contributed by atoms with Crippen LogP contribution < -0.4 is 5.32 Å². The Bertz CT molecular complexity index is 396. The van der Waals surface area contributed by atoms with Gasteiger partial charge in [-0.1, -0.05) is 0 Å². The lowest BCUT2D eigenvalue weighted by molar-refractivity contribution is 0.202. The van der Waals surface area contributed by atoms with Crippen molar-refractivity contribution in [3.8, 4) is 0 Å². The summed E-state index contributed by atoms with van der Waals surface area (Å²) >= 11 is 0. The van der Waals surface area contributed by atoms with Crippen LogP contribution in [-0.4, -0.2) is 34.4 Å². The molecule has 2 aliphatic rings. The molecule has 4 nitrogen and oxygen atoms in total. The highest BCUT2D eigenvalue weighted by Gasteiger charge is 2.24. The minimum absolute atomic E-state index is 0.249. The smallest absolute Gasteiger partial charge is 0.109 e. The zero-order valence-electron chi connectivity index (χ0n) is 10.9. The Morgan fingerprint density at radius 2 is 2.33 bits per heavy atom. The summed E-state index contributed by atoms with van der Waals surface area (Å²) in [5.74, 6) is 1.91. The summed E-state index contributed by atoms with van der Waals surface area (Å²) in [7, 11) is 0. The normalized spacial score (nSPS) is 28.1. The number of aryl methyl sites for hydroxylation is 1. The summed E-state index contributed by atoms with van der Waals surface area (Å²) in [6, 6.07) is 0.266. The van der Waals surface area contributed by atoms with Crippen LogP contribution >= 0.6 is 0 Å². The molecule has 0 spiro atoms. The van der Waals surface area contributed by atoms with Gasteiger partial charge in [-0.2, -0.15) is 0 Å². The maximum absolute atomic E-state index is 9.53. The molecule has 2 unspecified atom stereocenters. The fourth-order valence-corrected chi connectivity index (χ4v) is 3.40. The molecule has 0 bridgehead atoms. The summed E-state index contributed by atoms with van der Waals surface area (Å²) in [6.07, 6.45) is 9.06. The third-order valence-electron chi connectivity index (χ3n) is 4.37. The summed E-state index contributed by atoms with van der Waals surface area (Å²) < 4.78 is 2.32. The first kappa shape index (κ1) is 12.2. The Hall–Kier alpha value is -0.870. The average molecular weight is 249 g/mol. The highest BCUT2D eigenvalue weighted by molar-refractivity contribution is 5.11. The van der Waals surface area contributed by atoms with Gasteiger partial charge in [-0.3, -0.25) is 0 Å². The molecule has 1 aromatic heterocycles. The predicted octanol–water partition coefficient (Wildman–Crippen LogP) is 1.29. The van der Waals surface area contributed by atoms with Crippen molar-refractivity contribution in [3.05, 3.63) is 17.7 Å². The van der Waals surface area contributed by atoms with E-state index < -0.39 is 0 Å². The maximum Gasteiger partial charge on any atom is 0.109 e. The van der Waals surface area contributed by atoms with Gasteiger partial charge in [-0.05, 0) is 51.1 Å². The standard InChI is InChI=1S/C14H23N3O/c18-10-13-5-1-4-12-9-16-14(17(12)13)7-11-3-2-6-15-8-11/h9,11,13,15,18H,1-8,10H2. The minimum atomic E-state index is 0.249. The van der Waals surface area contributed by atoms with Gasteiger partial charge in [0.2, 0.25) is 0 Å². The largest absolute Gasteiger partial charge is 0.394 e. The average Bonchev–Trinajstić information content (AvgIpc) is 2.83. The van der Waals surface area contributed by atoms with Gasteiger partial charge in [0, 0.05) is 18.3 Å². The van der Waals surface area contributed by atoms with Crippen molar-refractivity contribution >= 4 is 0 Å². The molecule has 3 heterocycles. The van der Waals surface area contributed by atoms with Crippen LogP contribution in [0.4, 0.5) is 0 Å². The molecule has 3 rings (SSSR count). The van der Waals surface area contributed by atoms with Crippen LogP contribution in [0.25, 0.3) is 0 Å². The first-order valence-electron chi connectivity index (χ1n) is 7.25. The van der Waals surface area contributed by atoms with Gasteiger partial charge in [0.05, 0.1) is 12.6 Å². The quantitative estimate of drug-likeness (QED) is 0.849. The molecule has 0 radical (unpaired) electrons. The van der Waals surface area contributed by atoms with Crippen molar-refractivity contribution in [2.75, 3.05) is 19.7 Å². The Balaban J connectivity index is 1.77. The summed E-state index contributed by atoms with van der Waals surface area (Å²) in [5.41, 5.74) is 1.32. The molecule has 0 amide bonds. The van der Waals surface area contributed by atoms with E-state index in [0.29, 0.717) is 5.92 Å². The fraction of sp³-hybridized carbons (Fsp3) is 0.786. The Morgan fingerprint density at radius 3 is 3.11 bits per heavy atom. The number of imidazole rings is 1. The van der Waals surface area contributed by atoms with Crippen molar-refractivity contribution in [1.82, 2.24) is 14.9 Å². The zero-order chi connectivity index (χ0) is 12.4. The lowest BCUT2D eigenvalue weighted by atomic mass is 9.95. The van der Waals surface area contributed by atoms with Crippen LogP contribution in [0, 0.1) is 5.92 Å². The second kappa shape index (κ2) is 5.41. The fourth-order valence-electron chi connectivity index (χ4n) is 3.40. The van der Waals surface area contributed by atoms with E-state index >= 15 is 0 Å². The molecule has 2 atom stereocenters. The highest BCUT2D eigenvalue weighted by Crippen LogP contribution is 2.28. The third-order valence-corrected chi connectivity index (χ3v) is 4.37.